The van der Waals surface area contributed by atoms with Crippen molar-refractivity contribution in [2.45, 2.75) is 76.2 Å². The Bertz CT molecular complexity index is 905. The Morgan fingerprint density at radius 3 is 2.45 bits per heavy atom. The Morgan fingerprint density at radius 1 is 1.15 bits per heavy atom. The van der Waals surface area contributed by atoms with Gasteiger partial charge in [0.2, 0.25) is 21.8 Å². The number of benzene rings is 1. The third kappa shape index (κ3) is 9.59. The van der Waals surface area contributed by atoms with E-state index in [9.17, 15) is 22.4 Å². The normalized spacial score (nSPS) is 15.5. The molecule has 0 heterocycles. The van der Waals surface area contributed by atoms with Crippen LogP contribution in [0.2, 0.25) is 5.02 Å². The van der Waals surface area contributed by atoms with E-state index in [1.165, 1.54) is 12.8 Å². The van der Waals surface area contributed by atoms with Crippen LogP contribution in [0.4, 0.5) is 4.39 Å². The molecule has 0 aromatic heterocycles. The Labute approximate surface area is 201 Å². The number of rotatable bonds is 13. The first kappa shape index (κ1) is 27.5. The molecule has 186 valence electrons. The molecule has 10 heteroatoms. The number of halogens is 2. The van der Waals surface area contributed by atoms with Gasteiger partial charge in [-0.1, -0.05) is 38.3 Å². The molecule has 33 heavy (non-hydrogen) atoms. The van der Waals surface area contributed by atoms with Crippen molar-refractivity contribution >= 4 is 33.4 Å². The van der Waals surface area contributed by atoms with E-state index < -0.39 is 21.9 Å². The highest BCUT2D eigenvalue weighted by Crippen LogP contribution is 2.27. The molecule has 2 amide bonds. The third-order valence-electron chi connectivity index (χ3n) is 5.69. The van der Waals surface area contributed by atoms with Gasteiger partial charge in [0, 0.05) is 19.5 Å². The highest BCUT2D eigenvalue weighted by Gasteiger charge is 2.24. The van der Waals surface area contributed by atoms with Gasteiger partial charge in [0.25, 0.3) is 0 Å². The summed E-state index contributed by atoms with van der Waals surface area (Å²) in [5.74, 6) is -0.236. The molecule has 7 nitrogen and oxygen atoms in total. The number of nitrogens with one attached hydrogen (secondary N) is 3. The van der Waals surface area contributed by atoms with Gasteiger partial charge in [0.15, 0.2) is 0 Å². The molecule has 0 bridgehead atoms. The molecule has 0 unspecified atom stereocenters. The van der Waals surface area contributed by atoms with Gasteiger partial charge in [-0.25, -0.2) is 17.5 Å². The molecular weight excluding hydrogens is 469 g/mol. The molecule has 0 saturated heterocycles. The molecule has 0 radical (unpaired) electrons. The van der Waals surface area contributed by atoms with E-state index in [4.69, 9.17) is 11.6 Å². The van der Waals surface area contributed by atoms with Gasteiger partial charge >= 0.3 is 0 Å². The number of amides is 2. The number of carbonyl (C=O) groups excluding carboxylic acids is 2. The zero-order valence-electron chi connectivity index (χ0n) is 19.3. The van der Waals surface area contributed by atoms with E-state index in [2.05, 4.69) is 15.4 Å². The van der Waals surface area contributed by atoms with Crippen LogP contribution in [0.15, 0.2) is 23.1 Å². The molecule has 1 aromatic rings. The first-order valence-electron chi connectivity index (χ1n) is 11.6. The van der Waals surface area contributed by atoms with Crippen molar-refractivity contribution in [2.75, 3.05) is 13.1 Å². The molecular formula is C23H35ClFN3O4S. The van der Waals surface area contributed by atoms with Gasteiger partial charge in [0.05, 0.1) is 5.02 Å². The standard InChI is InChI=1S/C23H35ClFN3O4S/c1-16(2)13-20(28-22(29)14-17-7-3-4-8-17)23(30)26-11-5-6-12-27-33(31,32)21-10-9-18(25)15-19(21)24/h9-10,15-17,20,27H,3-8,11-14H2,1-2H3,(H,26,30)(H,28,29)/t20-/m0/s1. The van der Waals surface area contributed by atoms with Crippen LogP contribution < -0.4 is 15.4 Å². The van der Waals surface area contributed by atoms with E-state index in [-0.39, 0.29) is 34.2 Å². The van der Waals surface area contributed by atoms with Crippen LogP contribution in [-0.4, -0.2) is 39.4 Å². The Hall–Kier alpha value is -1.71. The highest BCUT2D eigenvalue weighted by molar-refractivity contribution is 7.89. The van der Waals surface area contributed by atoms with Crippen LogP contribution in [0.5, 0.6) is 0 Å². The van der Waals surface area contributed by atoms with E-state index in [0.29, 0.717) is 38.1 Å². The Kier molecular flexibility index (Phi) is 11.1. The van der Waals surface area contributed by atoms with Gasteiger partial charge < -0.3 is 10.6 Å². The maximum atomic E-state index is 13.1. The van der Waals surface area contributed by atoms with Crippen LogP contribution in [-0.2, 0) is 19.6 Å². The molecule has 3 N–H and O–H groups in total. The minimum absolute atomic E-state index is 0.0726. The monoisotopic (exact) mass is 503 g/mol. The number of carbonyl (C=O) groups is 2. The second-order valence-corrected chi connectivity index (χ2v) is 11.2. The highest BCUT2D eigenvalue weighted by atomic mass is 35.5. The molecule has 1 aromatic carbocycles. The first-order valence-corrected chi connectivity index (χ1v) is 13.5. The van der Waals surface area contributed by atoms with Crippen LogP contribution in [0, 0.1) is 17.7 Å². The minimum atomic E-state index is -3.85. The van der Waals surface area contributed by atoms with Crippen molar-refractivity contribution in [3.63, 3.8) is 0 Å². The fourth-order valence-electron chi connectivity index (χ4n) is 4.00. The lowest BCUT2D eigenvalue weighted by molar-refractivity contribution is -0.129. The van der Waals surface area contributed by atoms with Crippen LogP contribution in [0.25, 0.3) is 0 Å². The smallest absolute Gasteiger partial charge is 0.242 e. The predicted octanol–water partition coefficient (Wildman–Crippen LogP) is 3.77. The van der Waals surface area contributed by atoms with Crippen molar-refractivity contribution in [3.8, 4) is 0 Å². The summed E-state index contributed by atoms with van der Waals surface area (Å²) in [6.45, 7) is 4.52. The van der Waals surface area contributed by atoms with Gasteiger partial charge in [0.1, 0.15) is 16.8 Å². The minimum Gasteiger partial charge on any atom is -0.354 e. The van der Waals surface area contributed by atoms with Crippen molar-refractivity contribution < 1.29 is 22.4 Å². The molecule has 0 aliphatic heterocycles. The number of unbranched alkanes of at least 4 members (excludes halogenated alkanes) is 1. The van der Waals surface area contributed by atoms with Gasteiger partial charge in [-0.2, -0.15) is 0 Å². The summed E-state index contributed by atoms with van der Waals surface area (Å²) in [7, 11) is -3.85. The summed E-state index contributed by atoms with van der Waals surface area (Å²) in [5, 5.41) is 5.55. The first-order chi connectivity index (χ1) is 15.6. The fraction of sp³-hybridized carbons (Fsp3) is 0.652. The zero-order chi connectivity index (χ0) is 24.4. The second-order valence-electron chi connectivity index (χ2n) is 9.07. The SMILES string of the molecule is CC(C)C[C@H](NC(=O)CC1CCCC1)C(=O)NCCCCNS(=O)(=O)c1ccc(F)cc1Cl. The second kappa shape index (κ2) is 13.2. The number of sulfonamides is 1. The van der Waals surface area contributed by atoms with Gasteiger partial charge in [-0.15, -0.1) is 0 Å². The molecule has 0 spiro atoms. The lowest BCUT2D eigenvalue weighted by atomic mass is 10.0. The fourth-order valence-corrected chi connectivity index (χ4v) is 5.60. The van der Waals surface area contributed by atoms with E-state index in [1.54, 1.807) is 0 Å². The molecule has 1 atom stereocenters. The van der Waals surface area contributed by atoms with Crippen molar-refractivity contribution in [1.82, 2.24) is 15.4 Å². The molecule has 1 saturated carbocycles. The summed E-state index contributed by atoms with van der Waals surface area (Å²) < 4.78 is 40.1. The average Bonchev–Trinajstić information content (AvgIpc) is 3.22. The number of hydrogen-bond donors (Lipinski definition) is 3. The summed E-state index contributed by atoms with van der Waals surface area (Å²) in [5.41, 5.74) is 0. The van der Waals surface area contributed by atoms with E-state index in [1.807, 2.05) is 13.8 Å². The summed E-state index contributed by atoms with van der Waals surface area (Å²) in [4.78, 5) is 24.8. The predicted molar refractivity (Wildman–Crippen MR) is 127 cm³/mol. The van der Waals surface area contributed by atoms with Crippen LogP contribution in [0.3, 0.4) is 0 Å². The molecule has 2 rings (SSSR count). The lowest BCUT2D eigenvalue weighted by Gasteiger charge is -2.21. The van der Waals surface area contributed by atoms with Crippen LogP contribution in [0.1, 0.15) is 65.2 Å². The topological polar surface area (TPSA) is 104 Å². The number of hydrogen-bond acceptors (Lipinski definition) is 4. The maximum absolute atomic E-state index is 13.1. The summed E-state index contributed by atoms with van der Waals surface area (Å²) in [6.07, 6.45) is 6.55. The van der Waals surface area contributed by atoms with Gasteiger partial charge in [-0.05, 0) is 62.1 Å². The van der Waals surface area contributed by atoms with Crippen LogP contribution >= 0.6 is 11.6 Å². The Morgan fingerprint density at radius 2 is 1.82 bits per heavy atom. The lowest BCUT2D eigenvalue weighted by Crippen LogP contribution is -2.48. The van der Waals surface area contributed by atoms with Crippen molar-refractivity contribution in [2.24, 2.45) is 11.8 Å². The maximum Gasteiger partial charge on any atom is 0.242 e. The molecule has 1 fully saturated rings. The largest absolute Gasteiger partial charge is 0.354 e. The van der Waals surface area contributed by atoms with Crippen molar-refractivity contribution in [3.05, 3.63) is 29.0 Å². The summed E-state index contributed by atoms with van der Waals surface area (Å²) in [6, 6.07) is 2.54. The van der Waals surface area contributed by atoms with E-state index in [0.717, 1.165) is 31.0 Å². The zero-order valence-corrected chi connectivity index (χ0v) is 20.9. The average molecular weight is 504 g/mol. The molecule has 1 aliphatic carbocycles. The Balaban J connectivity index is 1.73. The van der Waals surface area contributed by atoms with E-state index >= 15 is 0 Å². The third-order valence-corrected chi connectivity index (χ3v) is 7.63. The summed E-state index contributed by atoms with van der Waals surface area (Å²) >= 11 is 5.82. The quantitative estimate of drug-likeness (QED) is 0.356. The van der Waals surface area contributed by atoms with Gasteiger partial charge in [-0.3, -0.25) is 9.59 Å². The molecule has 1 aliphatic rings. The van der Waals surface area contributed by atoms with Crippen molar-refractivity contribution in [1.29, 1.82) is 0 Å².